The first-order chi connectivity index (χ1) is 5.72. The van der Waals surface area contributed by atoms with E-state index in [1.165, 1.54) is 6.42 Å². The molecule has 0 aromatic heterocycles. The smallest absolute Gasteiger partial charge is 0.151 e. The summed E-state index contributed by atoms with van der Waals surface area (Å²) in [6.45, 7) is 4.78. The van der Waals surface area contributed by atoms with Gasteiger partial charge < -0.3 is 9.53 Å². The zero-order valence-corrected chi connectivity index (χ0v) is 8.01. The van der Waals surface area contributed by atoms with Crippen LogP contribution in [0, 0.1) is 5.92 Å². The maximum atomic E-state index is 10.9. The lowest BCUT2D eigenvalue weighted by Crippen LogP contribution is -2.39. The van der Waals surface area contributed by atoms with Crippen LogP contribution in [0.3, 0.4) is 0 Å². The summed E-state index contributed by atoms with van der Waals surface area (Å²) in [5.41, 5.74) is -0.438. The molecule has 1 aliphatic rings. The molecule has 1 rings (SSSR count). The van der Waals surface area contributed by atoms with Gasteiger partial charge >= 0.3 is 0 Å². The summed E-state index contributed by atoms with van der Waals surface area (Å²) in [7, 11) is 0. The fraction of sp³-hybridized carbons (Fsp3) is 0.900. The molecule has 0 amide bonds. The second-order valence-electron chi connectivity index (χ2n) is 3.82. The van der Waals surface area contributed by atoms with Crippen LogP contribution in [-0.4, -0.2) is 18.5 Å². The standard InChI is InChI=1S/C10H18O2/c1-3-12-10(8-11)6-4-5-9(2)7-10/h8-9H,3-7H2,1-2H3. The van der Waals surface area contributed by atoms with Crippen molar-refractivity contribution in [2.45, 2.75) is 45.1 Å². The predicted molar refractivity (Wildman–Crippen MR) is 48.1 cm³/mol. The third-order valence-electron chi connectivity index (χ3n) is 2.64. The van der Waals surface area contributed by atoms with Gasteiger partial charge in [0.05, 0.1) is 0 Å². The molecule has 0 saturated heterocycles. The van der Waals surface area contributed by atoms with E-state index in [0.717, 1.165) is 25.5 Å². The normalized spacial score (nSPS) is 36.3. The van der Waals surface area contributed by atoms with Gasteiger partial charge in [0.15, 0.2) is 6.29 Å². The van der Waals surface area contributed by atoms with Crippen molar-refractivity contribution < 1.29 is 9.53 Å². The topological polar surface area (TPSA) is 26.3 Å². The average molecular weight is 170 g/mol. The minimum Gasteiger partial charge on any atom is -0.368 e. The van der Waals surface area contributed by atoms with Gasteiger partial charge in [-0.2, -0.15) is 0 Å². The summed E-state index contributed by atoms with van der Waals surface area (Å²) in [5.74, 6) is 0.635. The Bertz CT molecular complexity index is 152. The first-order valence-electron chi connectivity index (χ1n) is 4.83. The quantitative estimate of drug-likeness (QED) is 0.607. The van der Waals surface area contributed by atoms with Gasteiger partial charge in [-0.15, -0.1) is 0 Å². The predicted octanol–water partition coefficient (Wildman–Crippen LogP) is 2.17. The number of ether oxygens (including phenoxy) is 1. The fourth-order valence-corrected chi connectivity index (χ4v) is 2.10. The summed E-state index contributed by atoms with van der Waals surface area (Å²) >= 11 is 0. The Morgan fingerprint density at radius 2 is 2.42 bits per heavy atom. The molecule has 0 aliphatic heterocycles. The molecule has 0 radical (unpaired) electrons. The summed E-state index contributed by atoms with van der Waals surface area (Å²) in [4.78, 5) is 10.9. The molecule has 0 heterocycles. The molecule has 1 saturated carbocycles. The van der Waals surface area contributed by atoms with Crippen molar-refractivity contribution >= 4 is 6.29 Å². The second kappa shape index (κ2) is 4.04. The van der Waals surface area contributed by atoms with E-state index in [-0.39, 0.29) is 0 Å². The summed E-state index contributed by atoms with van der Waals surface area (Å²) < 4.78 is 5.52. The minimum atomic E-state index is -0.438. The van der Waals surface area contributed by atoms with Gasteiger partial charge in [0.25, 0.3) is 0 Å². The molecule has 0 aromatic carbocycles. The number of carbonyl (C=O) groups is 1. The number of hydrogen-bond donors (Lipinski definition) is 0. The Hall–Kier alpha value is -0.370. The number of aldehydes is 1. The lowest BCUT2D eigenvalue weighted by atomic mass is 9.79. The van der Waals surface area contributed by atoms with E-state index >= 15 is 0 Å². The highest BCUT2D eigenvalue weighted by atomic mass is 16.5. The van der Waals surface area contributed by atoms with E-state index in [9.17, 15) is 4.79 Å². The molecule has 0 aromatic rings. The third-order valence-corrected chi connectivity index (χ3v) is 2.64. The van der Waals surface area contributed by atoms with Crippen LogP contribution >= 0.6 is 0 Å². The Morgan fingerprint density at radius 3 is 2.92 bits per heavy atom. The lowest BCUT2D eigenvalue weighted by molar-refractivity contribution is -0.137. The highest BCUT2D eigenvalue weighted by Crippen LogP contribution is 2.33. The van der Waals surface area contributed by atoms with Crippen LogP contribution in [0.25, 0.3) is 0 Å². The molecule has 70 valence electrons. The molecule has 0 bridgehead atoms. The van der Waals surface area contributed by atoms with E-state index in [1.807, 2.05) is 6.92 Å². The zero-order chi connectivity index (χ0) is 9.03. The van der Waals surface area contributed by atoms with Crippen LogP contribution in [0.15, 0.2) is 0 Å². The van der Waals surface area contributed by atoms with Crippen molar-refractivity contribution in [2.24, 2.45) is 5.92 Å². The van der Waals surface area contributed by atoms with Crippen LogP contribution in [0.1, 0.15) is 39.5 Å². The van der Waals surface area contributed by atoms with Crippen molar-refractivity contribution in [2.75, 3.05) is 6.61 Å². The molecule has 1 aliphatic carbocycles. The van der Waals surface area contributed by atoms with Gasteiger partial charge in [-0.05, 0) is 32.1 Å². The number of rotatable bonds is 3. The van der Waals surface area contributed by atoms with Crippen LogP contribution in [0.4, 0.5) is 0 Å². The first-order valence-corrected chi connectivity index (χ1v) is 4.83. The average Bonchev–Trinajstić information content (AvgIpc) is 2.05. The van der Waals surface area contributed by atoms with Crippen LogP contribution < -0.4 is 0 Å². The highest BCUT2D eigenvalue weighted by Gasteiger charge is 2.35. The Labute approximate surface area is 74.3 Å². The van der Waals surface area contributed by atoms with Gasteiger partial charge in [0.1, 0.15) is 5.60 Å². The highest BCUT2D eigenvalue weighted by molar-refractivity contribution is 5.62. The third kappa shape index (κ3) is 2.07. The molecule has 0 spiro atoms. The van der Waals surface area contributed by atoms with Crippen LogP contribution in [0.5, 0.6) is 0 Å². The van der Waals surface area contributed by atoms with Gasteiger partial charge in [0, 0.05) is 6.61 Å². The Kier molecular flexibility index (Phi) is 3.27. The molecular weight excluding hydrogens is 152 g/mol. The molecule has 2 heteroatoms. The van der Waals surface area contributed by atoms with Crippen molar-refractivity contribution in [3.05, 3.63) is 0 Å². The van der Waals surface area contributed by atoms with E-state index in [2.05, 4.69) is 6.92 Å². The van der Waals surface area contributed by atoms with Gasteiger partial charge in [-0.25, -0.2) is 0 Å². The monoisotopic (exact) mass is 170 g/mol. The first kappa shape index (κ1) is 9.72. The van der Waals surface area contributed by atoms with Crippen molar-refractivity contribution in [3.63, 3.8) is 0 Å². The largest absolute Gasteiger partial charge is 0.368 e. The maximum absolute atomic E-state index is 10.9. The molecule has 2 unspecified atom stereocenters. The molecule has 2 atom stereocenters. The zero-order valence-electron chi connectivity index (χ0n) is 8.01. The second-order valence-corrected chi connectivity index (χ2v) is 3.82. The molecular formula is C10H18O2. The maximum Gasteiger partial charge on any atom is 0.151 e. The molecule has 2 nitrogen and oxygen atoms in total. The minimum absolute atomic E-state index is 0.438. The summed E-state index contributed by atoms with van der Waals surface area (Å²) in [6, 6.07) is 0. The van der Waals surface area contributed by atoms with Gasteiger partial charge in [-0.1, -0.05) is 13.3 Å². The Balaban J connectivity index is 2.57. The summed E-state index contributed by atoms with van der Waals surface area (Å²) in [5, 5.41) is 0. The van der Waals surface area contributed by atoms with Crippen molar-refractivity contribution in [1.82, 2.24) is 0 Å². The molecule has 0 N–H and O–H groups in total. The molecule has 12 heavy (non-hydrogen) atoms. The van der Waals surface area contributed by atoms with Crippen molar-refractivity contribution in [3.8, 4) is 0 Å². The van der Waals surface area contributed by atoms with Crippen LogP contribution in [0.2, 0.25) is 0 Å². The SMILES string of the molecule is CCOC1(C=O)CCCC(C)C1. The molecule has 1 fully saturated rings. The van der Waals surface area contributed by atoms with E-state index in [4.69, 9.17) is 4.74 Å². The summed E-state index contributed by atoms with van der Waals surface area (Å²) in [6.07, 6.45) is 5.19. The number of carbonyl (C=O) groups excluding carboxylic acids is 1. The van der Waals surface area contributed by atoms with E-state index in [0.29, 0.717) is 12.5 Å². The van der Waals surface area contributed by atoms with E-state index < -0.39 is 5.60 Å². The van der Waals surface area contributed by atoms with Crippen LogP contribution in [-0.2, 0) is 9.53 Å². The van der Waals surface area contributed by atoms with Gasteiger partial charge in [-0.3, -0.25) is 0 Å². The number of hydrogen-bond acceptors (Lipinski definition) is 2. The van der Waals surface area contributed by atoms with Gasteiger partial charge in [0.2, 0.25) is 0 Å². The fourth-order valence-electron chi connectivity index (χ4n) is 2.10. The van der Waals surface area contributed by atoms with Crippen molar-refractivity contribution in [1.29, 1.82) is 0 Å². The Morgan fingerprint density at radius 1 is 1.67 bits per heavy atom. The van der Waals surface area contributed by atoms with E-state index in [1.54, 1.807) is 0 Å². The lowest BCUT2D eigenvalue weighted by Gasteiger charge is -2.35.